The van der Waals surface area contributed by atoms with Crippen LogP contribution < -0.4 is 16.6 Å². The first-order valence-electron chi connectivity index (χ1n) is 10.2. The van der Waals surface area contributed by atoms with Crippen LogP contribution in [0.3, 0.4) is 0 Å². The number of carbonyl (C=O) groups is 1. The number of H-pyrrole nitrogens is 2. The Kier molecular flexibility index (Phi) is 7.20. The zero-order chi connectivity index (χ0) is 22.4. The van der Waals surface area contributed by atoms with E-state index in [-0.39, 0.29) is 18.7 Å². The monoisotopic (exact) mass is 420 g/mol. The Hall–Kier alpha value is -3.45. The highest BCUT2D eigenvalue weighted by atomic mass is 16.2. The molecule has 0 radical (unpaired) electrons. The van der Waals surface area contributed by atoms with E-state index in [9.17, 15) is 14.4 Å². The molecule has 0 bridgehead atoms. The van der Waals surface area contributed by atoms with Gasteiger partial charge in [-0.15, -0.1) is 0 Å². The molecule has 0 aliphatic rings. The molecule has 1 amide bonds. The fourth-order valence-electron chi connectivity index (χ4n) is 3.56. The van der Waals surface area contributed by atoms with E-state index in [1.54, 1.807) is 6.92 Å². The van der Waals surface area contributed by atoms with E-state index in [2.05, 4.69) is 44.5 Å². The van der Waals surface area contributed by atoms with Gasteiger partial charge >= 0.3 is 5.69 Å². The molecule has 0 fully saturated rings. The van der Waals surface area contributed by atoms with Gasteiger partial charge in [-0.3, -0.25) is 14.6 Å². The molecule has 0 aliphatic heterocycles. The second-order valence-corrected chi connectivity index (χ2v) is 7.88. The molecule has 0 atom stereocenters. The Labute approximate surface area is 181 Å². The van der Waals surface area contributed by atoms with Gasteiger partial charge in [-0.1, -0.05) is 48.5 Å². The lowest BCUT2D eigenvalue weighted by Gasteiger charge is -2.13. The van der Waals surface area contributed by atoms with Crippen LogP contribution in [0.1, 0.15) is 28.8 Å². The molecule has 7 heteroatoms. The number of aromatic amines is 2. The fraction of sp³-hybridized carbons (Fsp3) is 0.292. The molecule has 3 aromatic rings. The third-order valence-corrected chi connectivity index (χ3v) is 5.11. The van der Waals surface area contributed by atoms with Crippen molar-refractivity contribution in [2.24, 2.45) is 0 Å². The molecule has 1 heterocycles. The van der Waals surface area contributed by atoms with Gasteiger partial charge in [0, 0.05) is 30.8 Å². The van der Waals surface area contributed by atoms with Crippen molar-refractivity contribution >= 4 is 5.91 Å². The molecule has 1 aromatic heterocycles. The van der Waals surface area contributed by atoms with Crippen LogP contribution in [-0.2, 0) is 24.3 Å². The minimum atomic E-state index is -0.540. The lowest BCUT2D eigenvalue weighted by molar-refractivity contribution is -0.121. The SMILES string of the molecule is Cc1[nH]c(=O)[nH]c(=O)c1CCC(=O)NCc1ccccc1-c1ccc(CN(C)C)cc1. The summed E-state index contributed by atoms with van der Waals surface area (Å²) in [4.78, 5) is 42.5. The molecule has 0 aliphatic carbocycles. The van der Waals surface area contributed by atoms with E-state index < -0.39 is 11.2 Å². The normalized spacial score (nSPS) is 11.0. The second kappa shape index (κ2) is 10.0. The lowest BCUT2D eigenvalue weighted by atomic mass is 9.98. The number of carbonyl (C=O) groups excluding carboxylic acids is 1. The van der Waals surface area contributed by atoms with Crippen LogP contribution in [0.15, 0.2) is 58.1 Å². The van der Waals surface area contributed by atoms with Crippen molar-refractivity contribution in [3.05, 3.63) is 91.8 Å². The number of aromatic nitrogens is 2. The number of hydrogen-bond donors (Lipinski definition) is 3. The van der Waals surface area contributed by atoms with E-state index in [1.165, 1.54) is 5.56 Å². The highest BCUT2D eigenvalue weighted by Crippen LogP contribution is 2.24. The number of rotatable bonds is 8. The molecule has 0 spiro atoms. The number of aryl methyl sites for hydroxylation is 1. The number of amides is 1. The Morgan fingerprint density at radius 1 is 1.00 bits per heavy atom. The summed E-state index contributed by atoms with van der Waals surface area (Å²) in [7, 11) is 4.08. The summed E-state index contributed by atoms with van der Waals surface area (Å²) in [5, 5.41) is 2.94. The summed E-state index contributed by atoms with van der Waals surface area (Å²) in [5.74, 6) is -0.152. The first-order chi connectivity index (χ1) is 14.8. The fourth-order valence-corrected chi connectivity index (χ4v) is 3.56. The van der Waals surface area contributed by atoms with Crippen molar-refractivity contribution in [3.8, 4) is 11.1 Å². The lowest BCUT2D eigenvalue weighted by Crippen LogP contribution is -2.29. The van der Waals surface area contributed by atoms with Crippen LogP contribution in [0, 0.1) is 6.92 Å². The number of hydrogen-bond acceptors (Lipinski definition) is 4. The molecule has 0 saturated heterocycles. The maximum absolute atomic E-state index is 12.4. The minimum absolute atomic E-state index is 0.152. The van der Waals surface area contributed by atoms with Crippen molar-refractivity contribution in [3.63, 3.8) is 0 Å². The standard InChI is InChI=1S/C24H28N4O3/c1-16-20(23(30)27-24(31)26-16)12-13-22(29)25-14-19-6-4-5-7-21(19)18-10-8-17(9-11-18)15-28(2)3/h4-11H,12-15H2,1-3H3,(H,25,29)(H2,26,27,30,31). The first kappa shape index (κ1) is 22.2. The molecule has 0 saturated carbocycles. The summed E-state index contributed by atoms with van der Waals surface area (Å²) in [6.07, 6.45) is 0.427. The summed E-state index contributed by atoms with van der Waals surface area (Å²) < 4.78 is 0. The zero-order valence-electron chi connectivity index (χ0n) is 18.1. The predicted molar refractivity (Wildman–Crippen MR) is 122 cm³/mol. The summed E-state index contributed by atoms with van der Waals surface area (Å²) >= 11 is 0. The summed E-state index contributed by atoms with van der Waals surface area (Å²) in [6.45, 7) is 2.94. The van der Waals surface area contributed by atoms with Crippen LogP contribution in [0.4, 0.5) is 0 Å². The Balaban J connectivity index is 1.64. The first-order valence-corrected chi connectivity index (χ1v) is 10.2. The smallest absolute Gasteiger partial charge is 0.325 e. The maximum Gasteiger partial charge on any atom is 0.325 e. The average molecular weight is 421 g/mol. The molecule has 0 unspecified atom stereocenters. The van der Waals surface area contributed by atoms with Gasteiger partial charge in [0.05, 0.1) is 0 Å². The molecule has 3 N–H and O–H groups in total. The zero-order valence-corrected chi connectivity index (χ0v) is 18.1. The van der Waals surface area contributed by atoms with Gasteiger partial charge < -0.3 is 15.2 Å². The number of nitrogens with one attached hydrogen (secondary N) is 3. The van der Waals surface area contributed by atoms with E-state index >= 15 is 0 Å². The van der Waals surface area contributed by atoms with Gasteiger partial charge in [0.2, 0.25) is 5.91 Å². The molecule has 2 aromatic carbocycles. The summed E-state index contributed by atoms with van der Waals surface area (Å²) in [6, 6.07) is 16.4. The quantitative estimate of drug-likeness (QED) is 0.521. The molecule has 7 nitrogen and oxygen atoms in total. The third kappa shape index (κ3) is 6.02. The topological polar surface area (TPSA) is 98.1 Å². The van der Waals surface area contributed by atoms with Gasteiger partial charge in [0.1, 0.15) is 0 Å². The van der Waals surface area contributed by atoms with Gasteiger partial charge in [-0.2, -0.15) is 0 Å². The van der Waals surface area contributed by atoms with Crippen molar-refractivity contribution in [1.82, 2.24) is 20.2 Å². The van der Waals surface area contributed by atoms with Crippen LogP contribution in [0.2, 0.25) is 0 Å². The van der Waals surface area contributed by atoms with Gasteiger partial charge in [-0.25, -0.2) is 4.79 Å². The predicted octanol–water partition coefficient (Wildman–Crippen LogP) is 2.35. The van der Waals surface area contributed by atoms with E-state index in [0.29, 0.717) is 17.8 Å². The average Bonchev–Trinajstić information content (AvgIpc) is 2.72. The van der Waals surface area contributed by atoms with E-state index in [1.807, 2.05) is 38.4 Å². The molecular formula is C24H28N4O3. The van der Waals surface area contributed by atoms with Gasteiger partial charge in [-0.05, 0) is 49.7 Å². The van der Waals surface area contributed by atoms with Crippen molar-refractivity contribution < 1.29 is 4.79 Å². The highest BCUT2D eigenvalue weighted by molar-refractivity contribution is 5.77. The second-order valence-electron chi connectivity index (χ2n) is 7.88. The van der Waals surface area contributed by atoms with Crippen molar-refractivity contribution in [2.45, 2.75) is 32.9 Å². The minimum Gasteiger partial charge on any atom is -0.352 e. The molecule has 162 valence electrons. The largest absolute Gasteiger partial charge is 0.352 e. The van der Waals surface area contributed by atoms with E-state index in [0.717, 1.165) is 23.2 Å². The Morgan fingerprint density at radius 2 is 1.71 bits per heavy atom. The van der Waals surface area contributed by atoms with Gasteiger partial charge in [0.25, 0.3) is 5.56 Å². The molecule has 3 rings (SSSR count). The highest BCUT2D eigenvalue weighted by Gasteiger charge is 2.10. The van der Waals surface area contributed by atoms with E-state index in [4.69, 9.17) is 0 Å². The van der Waals surface area contributed by atoms with Crippen LogP contribution in [-0.4, -0.2) is 34.9 Å². The van der Waals surface area contributed by atoms with Crippen LogP contribution in [0.25, 0.3) is 11.1 Å². The third-order valence-electron chi connectivity index (χ3n) is 5.11. The Morgan fingerprint density at radius 3 is 2.39 bits per heavy atom. The number of benzene rings is 2. The maximum atomic E-state index is 12.4. The van der Waals surface area contributed by atoms with Crippen molar-refractivity contribution in [2.75, 3.05) is 14.1 Å². The van der Waals surface area contributed by atoms with Crippen molar-refractivity contribution in [1.29, 1.82) is 0 Å². The molecule has 31 heavy (non-hydrogen) atoms. The number of nitrogens with zero attached hydrogens (tertiary/aromatic N) is 1. The van der Waals surface area contributed by atoms with Crippen LogP contribution >= 0.6 is 0 Å². The molecular weight excluding hydrogens is 392 g/mol. The van der Waals surface area contributed by atoms with Gasteiger partial charge in [0.15, 0.2) is 0 Å². The summed E-state index contributed by atoms with van der Waals surface area (Å²) in [5.41, 5.74) is 4.37. The Bertz CT molecular complexity index is 1160. The van der Waals surface area contributed by atoms with Crippen LogP contribution in [0.5, 0.6) is 0 Å².